The zero-order valence-corrected chi connectivity index (χ0v) is 27.3. The molecule has 7 unspecified atom stereocenters. The van der Waals surface area contributed by atoms with Gasteiger partial charge in [0, 0.05) is 0 Å². The summed E-state index contributed by atoms with van der Waals surface area (Å²) in [4.78, 5) is 0. The first-order valence-corrected chi connectivity index (χ1v) is 19.3. The third-order valence-corrected chi connectivity index (χ3v) is 26.0. The quantitative estimate of drug-likeness (QED) is 0.202. The number of nitrogens with zero attached hydrogens (tertiary/aromatic N) is 4. The Morgan fingerprint density at radius 3 is 1.27 bits per heavy atom. The van der Waals surface area contributed by atoms with Gasteiger partial charge in [0.25, 0.3) is 0 Å². The maximum atomic E-state index is 15.0. The van der Waals surface area contributed by atoms with Gasteiger partial charge in [0.1, 0.15) is 0 Å². The van der Waals surface area contributed by atoms with Crippen molar-refractivity contribution in [3.05, 3.63) is 0 Å². The molecule has 220 valence electrons. The van der Waals surface area contributed by atoms with Crippen LogP contribution in [0.25, 0.3) is 0 Å². The van der Waals surface area contributed by atoms with Gasteiger partial charge in [-0.3, -0.25) is 0 Å². The van der Waals surface area contributed by atoms with Gasteiger partial charge in [0.2, 0.25) is 0 Å². The Bertz CT molecular complexity index is 733. The van der Waals surface area contributed by atoms with E-state index in [1.807, 2.05) is 48.5 Å². The molecular weight excluding hydrogens is 601 g/mol. The van der Waals surface area contributed by atoms with Crippen molar-refractivity contribution in [3.63, 3.8) is 0 Å². The molecule has 4 nitrogen and oxygen atoms in total. The van der Waals surface area contributed by atoms with Crippen molar-refractivity contribution in [2.45, 2.75) is 168 Å². The average Bonchev–Trinajstić information content (AvgIpc) is 2.79. The summed E-state index contributed by atoms with van der Waals surface area (Å²) in [6.45, 7) is 18.9. The predicted molar refractivity (Wildman–Crippen MR) is 140 cm³/mol. The van der Waals surface area contributed by atoms with Crippen molar-refractivity contribution in [1.29, 1.82) is 0 Å². The molecule has 0 bridgehead atoms. The number of alkyl halides is 6. The molecule has 11 heteroatoms. The summed E-state index contributed by atoms with van der Waals surface area (Å²) in [5.74, 6) is 0. The van der Waals surface area contributed by atoms with Crippen molar-refractivity contribution in [1.82, 2.24) is 12.5 Å². The van der Waals surface area contributed by atoms with Crippen LogP contribution in [0, 0.1) is 0 Å². The van der Waals surface area contributed by atoms with E-state index in [0.717, 1.165) is 0 Å². The first-order chi connectivity index (χ1) is 17.0. The van der Waals surface area contributed by atoms with Crippen molar-refractivity contribution in [2.75, 3.05) is 0 Å². The van der Waals surface area contributed by atoms with Crippen molar-refractivity contribution < 1.29 is 26.3 Å². The molecule has 7 atom stereocenters. The Morgan fingerprint density at radius 2 is 0.946 bits per heavy atom. The zero-order valence-electron chi connectivity index (χ0n) is 24.4. The van der Waals surface area contributed by atoms with Crippen LogP contribution < -0.4 is 0 Å². The molecule has 0 aromatic carbocycles. The van der Waals surface area contributed by atoms with Crippen molar-refractivity contribution >= 4 is 19.5 Å². The van der Waals surface area contributed by atoms with Crippen LogP contribution in [0.4, 0.5) is 26.3 Å². The summed E-state index contributed by atoms with van der Waals surface area (Å²) in [7, 11) is 0. The molecule has 2 fully saturated rings. The van der Waals surface area contributed by atoms with E-state index in [1.165, 1.54) is 0 Å². The Morgan fingerprint density at radius 1 is 0.595 bits per heavy atom. The van der Waals surface area contributed by atoms with E-state index in [4.69, 9.17) is 0 Å². The summed E-state index contributed by atoms with van der Waals surface area (Å²) in [5, 5.41) is 0. The third-order valence-electron chi connectivity index (χ3n) is 8.78. The van der Waals surface area contributed by atoms with E-state index < -0.39 is 68.1 Å². The molecule has 0 aliphatic carbocycles. The van der Waals surface area contributed by atoms with Gasteiger partial charge in [-0.1, -0.05) is 0 Å². The molecule has 2 saturated heterocycles. The molecule has 0 radical (unpaired) electrons. The second-order valence-corrected chi connectivity index (χ2v) is 21.0. The van der Waals surface area contributed by atoms with Crippen LogP contribution in [-0.4, -0.2) is 92.6 Å². The van der Waals surface area contributed by atoms with Gasteiger partial charge in [0.05, 0.1) is 0 Å². The second kappa shape index (κ2) is 12.4. The third kappa shape index (κ3) is 5.98. The van der Waals surface area contributed by atoms with Gasteiger partial charge in [0.15, 0.2) is 0 Å². The molecule has 37 heavy (non-hydrogen) atoms. The minimum absolute atomic E-state index is 0.0985. The fourth-order valence-corrected chi connectivity index (χ4v) is 28.3. The van der Waals surface area contributed by atoms with Crippen LogP contribution in [0.5, 0.6) is 0 Å². The van der Waals surface area contributed by atoms with Gasteiger partial charge in [-0.25, -0.2) is 0 Å². The molecule has 0 N–H and O–H groups in total. The predicted octanol–water partition coefficient (Wildman–Crippen LogP) is 7.27. The number of hydrogen-bond donors (Lipinski definition) is 0. The van der Waals surface area contributed by atoms with Crippen molar-refractivity contribution in [2.24, 2.45) is 0 Å². The molecule has 1 spiro atoms. The van der Waals surface area contributed by atoms with E-state index in [2.05, 4.69) is 6.24 Å². The molecule has 0 amide bonds. The minimum atomic E-state index is -5.19. The average molecular weight is 651 g/mol. The topological polar surface area (TPSA) is 13.0 Å². The first-order valence-electron chi connectivity index (χ1n) is 14.2. The molecule has 2 heterocycles. The summed E-state index contributed by atoms with van der Waals surface area (Å²) < 4.78 is 97.8. The van der Waals surface area contributed by atoms with Crippen LogP contribution in [0.2, 0.25) is 0 Å². The summed E-state index contributed by atoms with van der Waals surface area (Å²) in [5.41, 5.74) is 0. The van der Waals surface area contributed by atoms with Crippen LogP contribution in [0.15, 0.2) is 0 Å². The molecule has 0 saturated carbocycles. The van der Waals surface area contributed by atoms with E-state index in [9.17, 15) is 13.2 Å². The normalized spacial score (nSPS) is 33.6. The Balaban J connectivity index is 3.19. The molecule has 2 aliphatic heterocycles. The van der Waals surface area contributed by atoms with Crippen molar-refractivity contribution in [3.8, 4) is 0 Å². The SMILES string of the molecule is CCC(C)[N]1C(CC)CC(C(F)(F)F)[N](C(C)CC)[Sn]12[N](C(C)C)C(CC)CC(C(F)(F)F)[N]2C(C)C. The maximum absolute atomic E-state index is 15.0. The first kappa shape index (κ1) is 33.4. The van der Waals surface area contributed by atoms with Crippen LogP contribution >= 0.6 is 0 Å². The van der Waals surface area contributed by atoms with E-state index in [-0.39, 0.29) is 24.9 Å². The fourth-order valence-electron chi connectivity index (χ4n) is 7.11. The fraction of sp³-hybridized carbons (Fsp3) is 1.00. The molecular formula is C26H50F6N4Sn. The Labute approximate surface area is 226 Å². The van der Waals surface area contributed by atoms with E-state index in [0.29, 0.717) is 25.7 Å². The monoisotopic (exact) mass is 652 g/mol. The number of rotatable bonds is 8. The van der Waals surface area contributed by atoms with E-state index >= 15 is 13.2 Å². The standard InChI is InChI=1S/C14H27F3N2.C12H23F3N2.Sn/c1-6-10(4)18-12(8-3)9-13(14(15,16)17)19-11(5)7-2;1-6-10(16-8(2)3)7-11(12(13,14)15)17-9(4)5;/h10-13H,6-9H2,1-5H3;8-11H,6-7H2,1-5H3;/q2*-2;+4. The van der Waals surface area contributed by atoms with Gasteiger partial charge in [-0.2, -0.15) is 0 Å². The second-order valence-electron chi connectivity index (χ2n) is 11.6. The number of hydrogen-bond acceptors (Lipinski definition) is 4. The van der Waals surface area contributed by atoms with Gasteiger partial charge < -0.3 is 0 Å². The van der Waals surface area contributed by atoms with Gasteiger partial charge in [-0.05, 0) is 0 Å². The van der Waals surface area contributed by atoms with Crippen LogP contribution in [0.1, 0.15) is 108 Å². The zero-order chi connectivity index (χ0) is 28.7. The van der Waals surface area contributed by atoms with Crippen LogP contribution in [0.3, 0.4) is 0 Å². The molecule has 2 rings (SSSR count). The van der Waals surface area contributed by atoms with Crippen LogP contribution in [-0.2, 0) is 0 Å². The molecule has 2 aliphatic rings. The van der Waals surface area contributed by atoms with E-state index in [1.54, 1.807) is 27.0 Å². The molecule has 0 aromatic heterocycles. The summed E-state index contributed by atoms with van der Waals surface area (Å²) in [6, 6.07) is -5.74. The number of halogens is 6. The Kier molecular flexibility index (Phi) is 11.2. The van der Waals surface area contributed by atoms with Gasteiger partial charge >= 0.3 is 227 Å². The Hall–Kier alpha value is 0.219. The molecule has 0 aromatic rings. The van der Waals surface area contributed by atoms with Gasteiger partial charge in [-0.15, -0.1) is 0 Å². The summed E-state index contributed by atoms with van der Waals surface area (Å²) >= 11 is -5.19. The summed E-state index contributed by atoms with van der Waals surface area (Å²) in [6.07, 6.45) is -7.18.